The number of esters is 1. The van der Waals surface area contributed by atoms with Gasteiger partial charge in [-0.3, -0.25) is 9.59 Å². The van der Waals surface area contributed by atoms with Gasteiger partial charge in [-0.15, -0.1) is 0 Å². The lowest BCUT2D eigenvalue weighted by Gasteiger charge is -2.20. The van der Waals surface area contributed by atoms with Crippen molar-refractivity contribution in [2.45, 2.75) is 360 Å². The predicted octanol–water partition coefficient (Wildman–Crippen LogP) is 20.9. The molecule has 2 unspecified atom stereocenters. The molecule has 0 heterocycles. The van der Waals surface area contributed by atoms with Crippen LogP contribution in [0.4, 0.5) is 0 Å². The van der Waals surface area contributed by atoms with Gasteiger partial charge in [0.05, 0.1) is 25.4 Å². The molecule has 6 nitrogen and oxygen atoms in total. The van der Waals surface area contributed by atoms with E-state index in [0.29, 0.717) is 19.4 Å². The van der Waals surface area contributed by atoms with Crippen LogP contribution in [-0.2, 0) is 14.3 Å². The van der Waals surface area contributed by atoms with Gasteiger partial charge in [0, 0.05) is 12.8 Å². The zero-order valence-electron chi connectivity index (χ0n) is 49.6. The number of carbonyl (C=O) groups excluding carboxylic acids is 2. The number of aliphatic hydroxyl groups excluding tert-OH is 2. The molecule has 0 aliphatic carbocycles. The van der Waals surface area contributed by atoms with Crippen molar-refractivity contribution in [2.24, 2.45) is 0 Å². The molecule has 0 bridgehead atoms. The number of aliphatic hydroxyl groups is 2. The first kappa shape index (κ1) is 71.8. The monoisotopic (exact) mass is 1040 g/mol. The Morgan fingerprint density at radius 1 is 0.378 bits per heavy atom. The summed E-state index contributed by atoms with van der Waals surface area (Å²) in [6.07, 6.45) is 81.9. The number of amides is 1. The lowest BCUT2D eigenvalue weighted by Crippen LogP contribution is -2.45. The average Bonchev–Trinajstić information content (AvgIpc) is 3.40. The van der Waals surface area contributed by atoms with Crippen LogP contribution >= 0.6 is 0 Å². The Labute approximate surface area is 461 Å². The van der Waals surface area contributed by atoms with Crippen LogP contribution in [0.15, 0.2) is 48.6 Å². The first-order valence-corrected chi connectivity index (χ1v) is 32.9. The van der Waals surface area contributed by atoms with E-state index < -0.39 is 12.1 Å². The smallest absolute Gasteiger partial charge is 0.305 e. The van der Waals surface area contributed by atoms with Crippen molar-refractivity contribution in [3.05, 3.63) is 48.6 Å². The number of nitrogens with one attached hydrogen (secondary N) is 1. The van der Waals surface area contributed by atoms with Crippen molar-refractivity contribution >= 4 is 11.9 Å². The molecule has 0 aromatic carbocycles. The van der Waals surface area contributed by atoms with Crippen LogP contribution in [0, 0.1) is 0 Å². The maximum Gasteiger partial charge on any atom is 0.305 e. The minimum atomic E-state index is -0.840. The molecule has 0 spiro atoms. The van der Waals surface area contributed by atoms with Gasteiger partial charge in [0.15, 0.2) is 0 Å². The topological polar surface area (TPSA) is 95.9 Å². The van der Waals surface area contributed by atoms with Gasteiger partial charge in [-0.05, 0) is 89.9 Å². The molecule has 0 aliphatic rings. The van der Waals surface area contributed by atoms with Gasteiger partial charge in [0.1, 0.15) is 0 Å². The second-order valence-corrected chi connectivity index (χ2v) is 22.4. The van der Waals surface area contributed by atoms with Crippen LogP contribution in [0.5, 0.6) is 0 Å². The zero-order chi connectivity index (χ0) is 53.6. The second kappa shape index (κ2) is 63.4. The SMILES string of the molecule is CCCCCC/C=C\C/C=C\CCCCCCCC(=O)OCCCCCCCCCCCCCC/C=C\CCCCCCCCCCCCCCCCCCC(=O)NC(CO)C(O)/C=C/CCCCCCCCC. The highest BCUT2D eigenvalue weighted by atomic mass is 16.5. The molecule has 0 fully saturated rings. The number of carbonyl (C=O) groups is 2. The van der Waals surface area contributed by atoms with Crippen LogP contribution < -0.4 is 5.32 Å². The molecule has 6 heteroatoms. The molecule has 74 heavy (non-hydrogen) atoms. The van der Waals surface area contributed by atoms with Crippen molar-refractivity contribution < 1.29 is 24.5 Å². The van der Waals surface area contributed by atoms with Gasteiger partial charge in [-0.1, -0.05) is 294 Å². The Balaban J connectivity index is 3.34. The molecule has 434 valence electrons. The largest absolute Gasteiger partial charge is 0.466 e. The quantitative estimate of drug-likeness (QED) is 0.0320. The van der Waals surface area contributed by atoms with Gasteiger partial charge in [-0.2, -0.15) is 0 Å². The highest BCUT2D eigenvalue weighted by Gasteiger charge is 2.18. The predicted molar refractivity (Wildman–Crippen MR) is 324 cm³/mol. The van der Waals surface area contributed by atoms with E-state index in [9.17, 15) is 19.8 Å². The van der Waals surface area contributed by atoms with E-state index in [1.807, 2.05) is 6.08 Å². The minimum Gasteiger partial charge on any atom is -0.466 e. The van der Waals surface area contributed by atoms with Crippen LogP contribution in [0.25, 0.3) is 0 Å². The summed E-state index contributed by atoms with van der Waals surface area (Å²) < 4.78 is 5.49. The summed E-state index contributed by atoms with van der Waals surface area (Å²) in [5.74, 6) is -0.0635. The molecule has 0 rings (SSSR count). The highest BCUT2D eigenvalue weighted by molar-refractivity contribution is 5.76. The Kier molecular flexibility index (Phi) is 61.5. The molecule has 0 saturated carbocycles. The van der Waals surface area contributed by atoms with E-state index in [1.54, 1.807) is 6.08 Å². The second-order valence-electron chi connectivity index (χ2n) is 22.4. The molecular formula is C68H127NO5. The fourth-order valence-corrected chi connectivity index (χ4v) is 10.0. The van der Waals surface area contributed by atoms with Gasteiger partial charge in [0.2, 0.25) is 5.91 Å². The number of ether oxygens (including phenoxy) is 1. The number of hydrogen-bond donors (Lipinski definition) is 3. The van der Waals surface area contributed by atoms with Crippen LogP contribution in [0.1, 0.15) is 348 Å². The van der Waals surface area contributed by atoms with Crippen LogP contribution in [0.3, 0.4) is 0 Å². The summed E-state index contributed by atoms with van der Waals surface area (Å²) in [4.78, 5) is 24.5. The van der Waals surface area contributed by atoms with E-state index in [2.05, 4.69) is 55.6 Å². The lowest BCUT2D eigenvalue weighted by atomic mass is 10.0. The average molecular weight is 1040 g/mol. The van der Waals surface area contributed by atoms with Crippen LogP contribution in [-0.4, -0.2) is 47.4 Å². The molecule has 0 aliphatic heterocycles. The van der Waals surface area contributed by atoms with Gasteiger partial charge >= 0.3 is 5.97 Å². The summed E-state index contributed by atoms with van der Waals surface area (Å²) in [5, 5.41) is 23.0. The van der Waals surface area contributed by atoms with Crippen molar-refractivity contribution in [3.63, 3.8) is 0 Å². The number of rotatable bonds is 61. The van der Waals surface area contributed by atoms with Crippen molar-refractivity contribution in [1.82, 2.24) is 5.32 Å². The molecule has 3 N–H and O–H groups in total. The number of unbranched alkanes of at least 4 members (excludes halogenated alkanes) is 44. The van der Waals surface area contributed by atoms with E-state index in [4.69, 9.17) is 4.74 Å². The summed E-state index contributed by atoms with van der Waals surface area (Å²) in [6.45, 7) is 4.86. The molecule has 0 radical (unpaired) electrons. The first-order chi connectivity index (χ1) is 36.5. The van der Waals surface area contributed by atoms with E-state index in [1.165, 1.54) is 270 Å². The fraction of sp³-hybridized carbons (Fsp3) is 0.853. The van der Waals surface area contributed by atoms with Crippen LogP contribution in [0.2, 0.25) is 0 Å². The third-order valence-electron chi connectivity index (χ3n) is 15.1. The van der Waals surface area contributed by atoms with E-state index in [-0.39, 0.29) is 18.5 Å². The Hall–Kier alpha value is -2.18. The third-order valence-corrected chi connectivity index (χ3v) is 15.1. The number of allylic oxidation sites excluding steroid dienone is 7. The molecular weight excluding hydrogens is 911 g/mol. The van der Waals surface area contributed by atoms with Gasteiger partial charge in [-0.25, -0.2) is 0 Å². The Morgan fingerprint density at radius 3 is 1.05 bits per heavy atom. The van der Waals surface area contributed by atoms with Gasteiger partial charge < -0.3 is 20.3 Å². The normalized spacial score (nSPS) is 12.9. The molecule has 1 amide bonds. The summed E-state index contributed by atoms with van der Waals surface area (Å²) in [5.41, 5.74) is 0. The fourth-order valence-electron chi connectivity index (χ4n) is 10.0. The minimum absolute atomic E-state index is 0.00415. The lowest BCUT2D eigenvalue weighted by molar-refractivity contribution is -0.143. The van der Waals surface area contributed by atoms with Crippen molar-refractivity contribution in [3.8, 4) is 0 Å². The number of hydrogen-bond acceptors (Lipinski definition) is 5. The van der Waals surface area contributed by atoms with Crippen molar-refractivity contribution in [1.29, 1.82) is 0 Å². The third kappa shape index (κ3) is 59.1. The van der Waals surface area contributed by atoms with Gasteiger partial charge in [0.25, 0.3) is 0 Å². The maximum absolute atomic E-state index is 12.4. The molecule has 2 atom stereocenters. The maximum atomic E-state index is 12.4. The first-order valence-electron chi connectivity index (χ1n) is 32.9. The standard InChI is InChI=1S/C68H127NO5/c1-3-5-7-9-11-13-14-15-16-36-39-42-46-50-54-58-62-68(73)74-63-59-55-51-47-43-40-37-34-32-30-28-26-24-22-20-18-17-19-21-23-25-27-29-31-33-35-38-41-45-49-53-57-61-67(72)69-65(64-70)66(71)60-56-52-48-44-12-10-8-6-4-2/h13-14,16,20,22,36,56,60,65-66,70-71H,3-12,15,17-19,21,23-35,37-55,57-59,61-64H2,1-2H3,(H,69,72)/b14-13-,22-20-,36-16-,60-56+. The highest BCUT2D eigenvalue weighted by Crippen LogP contribution is 2.17. The van der Waals surface area contributed by atoms with E-state index in [0.717, 1.165) is 51.4 Å². The Bertz CT molecular complexity index is 1240. The Morgan fingerprint density at radius 2 is 0.676 bits per heavy atom. The zero-order valence-corrected chi connectivity index (χ0v) is 49.6. The summed E-state index contributed by atoms with van der Waals surface area (Å²) in [7, 11) is 0. The molecule has 0 aromatic rings. The summed E-state index contributed by atoms with van der Waals surface area (Å²) in [6, 6.07) is -0.624. The molecule has 0 aromatic heterocycles. The van der Waals surface area contributed by atoms with Crippen molar-refractivity contribution in [2.75, 3.05) is 13.2 Å². The molecule has 0 saturated heterocycles. The summed E-state index contributed by atoms with van der Waals surface area (Å²) >= 11 is 0. The van der Waals surface area contributed by atoms with E-state index >= 15 is 0 Å².